The van der Waals surface area contributed by atoms with E-state index >= 15 is 0 Å². The molecular weight excluding hydrogens is 306 g/mol. The minimum Gasteiger partial charge on any atom is -0.478 e. The van der Waals surface area contributed by atoms with E-state index in [0.29, 0.717) is 12.1 Å². The Balaban J connectivity index is 3.22. The summed E-state index contributed by atoms with van der Waals surface area (Å²) in [5.74, 6) is -5.12. The van der Waals surface area contributed by atoms with Crippen molar-refractivity contribution >= 4 is 15.8 Å². The van der Waals surface area contributed by atoms with Crippen LogP contribution in [0.1, 0.15) is 30.6 Å². The second kappa shape index (κ2) is 6.07. The van der Waals surface area contributed by atoms with Gasteiger partial charge in [-0.2, -0.15) is 0 Å². The van der Waals surface area contributed by atoms with Gasteiger partial charge in [-0.05, 0) is 32.4 Å². The maximum Gasteiger partial charge on any atom is 0.335 e. The fourth-order valence-corrected chi connectivity index (χ4v) is 3.16. The molecule has 5 nitrogen and oxygen atoms in total. The number of halogens is 2. The highest BCUT2D eigenvalue weighted by Gasteiger charge is 2.27. The molecular formula is C13H16F2O5S. The third kappa shape index (κ3) is 4.21. The number of ether oxygens (including phenoxy) is 1. The molecule has 0 aliphatic carbocycles. The summed E-state index contributed by atoms with van der Waals surface area (Å²) in [5.41, 5.74) is -1.38. The van der Waals surface area contributed by atoms with Crippen LogP contribution >= 0.6 is 0 Å². The third-order valence-corrected chi connectivity index (χ3v) is 4.81. The first-order valence-electron chi connectivity index (χ1n) is 6.00. The molecule has 118 valence electrons. The lowest BCUT2D eigenvalue weighted by molar-refractivity contribution is 0.0203. The molecule has 0 unspecified atom stereocenters. The van der Waals surface area contributed by atoms with Crippen LogP contribution in [0.15, 0.2) is 17.0 Å². The van der Waals surface area contributed by atoms with Gasteiger partial charge in [0.25, 0.3) is 0 Å². The summed E-state index contributed by atoms with van der Waals surface area (Å²) in [6.45, 7) is 3.29. The lowest BCUT2D eigenvalue weighted by Gasteiger charge is -2.22. The second-order valence-electron chi connectivity index (χ2n) is 5.11. The van der Waals surface area contributed by atoms with E-state index in [1.54, 1.807) is 13.8 Å². The Kier molecular flexibility index (Phi) is 5.06. The second-order valence-corrected chi connectivity index (χ2v) is 7.19. The SMILES string of the molecule is COC(C)(C)CCS(=O)(=O)c1cc(C(=O)O)cc(F)c1F. The molecule has 0 saturated heterocycles. The van der Waals surface area contributed by atoms with Crippen molar-refractivity contribution in [2.24, 2.45) is 0 Å². The average molecular weight is 322 g/mol. The number of benzene rings is 1. The van der Waals surface area contributed by atoms with Crippen LogP contribution in [0.5, 0.6) is 0 Å². The maximum atomic E-state index is 13.7. The molecule has 8 heteroatoms. The molecule has 21 heavy (non-hydrogen) atoms. The first-order valence-corrected chi connectivity index (χ1v) is 7.65. The Morgan fingerprint density at radius 2 is 1.90 bits per heavy atom. The monoisotopic (exact) mass is 322 g/mol. The number of carboxylic acid groups (broad SMARTS) is 1. The summed E-state index contributed by atoms with van der Waals surface area (Å²) in [6.07, 6.45) is 0.0458. The van der Waals surface area contributed by atoms with Crippen LogP contribution in [0.3, 0.4) is 0 Å². The van der Waals surface area contributed by atoms with Crippen LogP contribution in [0, 0.1) is 11.6 Å². The molecule has 0 heterocycles. The van der Waals surface area contributed by atoms with Gasteiger partial charge in [0.2, 0.25) is 0 Å². The van der Waals surface area contributed by atoms with E-state index in [1.165, 1.54) is 7.11 Å². The number of hydrogen-bond donors (Lipinski definition) is 1. The minimum atomic E-state index is -4.17. The quantitative estimate of drug-likeness (QED) is 0.869. The number of methoxy groups -OCH3 is 1. The van der Waals surface area contributed by atoms with Crippen molar-refractivity contribution in [3.05, 3.63) is 29.3 Å². The van der Waals surface area contributed by atoms with Crippen LogP contribution in [0.25, 0.3) is 0 Å². The fourth-order valence-electron chi connectivity index (χ4n) is 1.51. The number of hydrogen-bond acceptors (Lipinski definition) is 4. The highest BCUT2D eigenvalue weighted by atomic mass is 32.2. The molecule has 0 atom stereocenters. The first kappa shape index (κ1) is 17.5. The van der Waals surface area contributed by atoms with E-state index in [-0.39, 0.29) is 6.42 Å². The lowest BCUT2D eigenvalue weighted by Crippen LogP contribution is -2.26. The Hall–Kier alpha value is -1.54. The van der Waals surface area contributed by atoms with Crippen LogP contribution in [-0.2, 0) is 14.6 Å². The lowest BCUT2D eigenvalue weighted by atomic mass is 10.1. The molecule has 0 fully saturated rings. The van der Waals surface area contributed by atoms with Crippen molar-refractivity contribution < 1.29 is 31.8 Å². The van der Waals surface area contributed by atoms with Gasteiger partial charge >= 0.3 is 5.97 Å². The first-order chi connectivity index (χ1) is 9.50. The van der Waals surface area contributed by atoms with Crippen molar-refractivity contribution in [3.8, 4) is 0 Å². The van der Waals surface area contributed by atoms with Gasteiger partial charge in [-0.3, -0.25) is 0 Å². The fraction of sp³-hybridized carbons (Fsp3) is 0.462. The van der Waals surface area contributed by atoms with Gasteiger partial charge in [-0.25, -0.2) is 22.0 Å². The Bertz CT molecular complexity index is 653. The molecule has 0 aliphatic rings. The van der Waals surface area contributed by atoms with Gasteiger partial charge in [0, 0.05) is 7.11 Å². The van der Waals surface area contributed by atoms with Gasteiger partial charge in [0.15, 0.2) is 21.5 Å². The number of rotatable bonds is 6. The van der Waals surface area contributed by atoms with Crippen LogP contribution < -0.4 is 0 Å². The highest BCUT2D eigenvalue weighted by molar-refractivity contribution is 7.91. The van der Waals surface area contributed by atoms with Crippen molar-refractivity contribution in [3.63, 3.8) is 0 Å². The average Bonchev–Trinajstić information content (AvgIpc) is 2.39. The summed E-state index contributed by atoms with van der Waals surface area (Å²) >= 11 is 0. The smallest absolute Gasteiger partial charge is 0.335 e. The predicted octanol–water partition coefficient (Wildman–Crippen LogP) is 2.25. The van der Waals surface area contributed by atoms with Crippen molar-refractivity contribution in [2.45, 2.75) is 30.8 Å². The zero-order valence-electron chi connectivity index (χ0n) is 11.8. The van der Waals surface area contributed by atoms with Crippen LogP contribution in [0.2, 0.25) is 0 Å². The van der Waals surface area contributed by atoms with Gasteiger partial charge < -0.3 is 9.84 Å². The van der Waals surface area contributed by atoms with Crippen LogP contribution in [0.4, 0.5) is 8.78 Å². The molecule has 0 aromatic heterocycles. The number of aromatic carboxylic acids is 1. The Morgan fingerprint density at radius 1 is 1.33 bits per heavy atom. The predicted molar refractivity (Wildman–Crippen MR) is 71.1 cm³/mol. The van der Waals surface area contributed by atoms with E-state index in [1.807, 2.05) is 0 Å². The molecule has 1 aromatic carbocycles. The molecule has 0 amide bonds. The maximum absolute atomic E-state index is 13.7. The minimum absolute atomic E-state index is 0.0458. The molecule has 0 radical (unpaired) electrons. The molecule has 1 aromatic rings. The summed E-state index contributed by atoms with van der Waals surface area (Å²) in [7, 11) is -2.77. The van der Waals surface area contributed by atoms with Gasteiger partial charge in [-0.15, -0.1) is 0 Å². The standard InChI is InChI=1S/C13H16F2O5S/c1-13(2,20-3)4-5-21(18,19)10-7-8(12(16)17)6-9(14)11(10)15/h6-7H,4-5H2,1-3H3,(H,16,17). The summed E-state index contributed by atoms with van der Waals surface area (Å²) in [4.78, 5) is 9.85. The summed E-state index contributed by atoms with van der Waals surface area (Å²) < 4.78 is 56.2. The zero-order valence-corrected chi connectivity index (χ0v) is 12.6. The molecule has 1 N–H and O–H groups in total. The molecule has 0 bridgehead atoms. The molecule has 0 aliphatic heterocycles. The summed E-state index contributed by atoms with van der Waals surface area (Å²) in [6, 6.07) is 1.06. The molecule has 1 rings (SSSR count). The molecule has 0 spiro atoms. The van der Waals surface area contributed by atoms with E-state index in [4.69, 9.17) is 9.84 Å². The van der Waals surface area contributed by atoms with Crippen molar-refractivity contribution in [2.75, 3.05) is 12.9 Å². The normalized spacial score (nSPS) is 12.4. The van der Waals surface area contributed by atoms with Crippen molar-refractivity contribution in [1.82, 2.24) is 0 Å². The zero-order chi connectivity index (χ0) is 16.4. The van der Waals surface area contributed by atoms with E-state index in [2.05, 4.69) is 0 Å². The van der Waals surface area contributed by atoms with Crippen LogP contribution in [-0.4, -0.2) is 38.0 Å². The van der Waals surface area contributed by atoms with E-state index < -0.39 is 49.3 Å². The van der Waals surface area contributed by atoms with Crippen molar-refractivity contribution in [1.29, 1.82) is 0 Å². The van der Waals surface area contributed by atoms with Gasteiger partial charge in [0.05, 0.1) is 16.9 Å². The Labute approximate surface area is 121 Å². The summed E-state index contributed by atoms with van der Waals surface area (Å²) in [5, 5.41) is 8.78. The highest BCUT2D eigenvalue weighted by Crippen LogP contribution is 2.24. The number of sulfone groups is 1. The topological polar surface area (TPSA) is 80.7 Å². The van der Waals surface area contributed by atoms with Gasteiger partial charge in [0.1, 0.15) is 4.90 Å². The Morgan fingerprint density at radius 3 is 2.38 bits per heavy atom. The molecule has 0 saturated carbocycles. The third-order valence-electron chi connectivity index (χ3n) is 3.10. The number of carbonyl (C=O) groups is 1. The largest absolute Gasteiger partial charge is 0.478 e. The van der Waals surface area contributed by atoms with E-state index in [9.17, 15) is 22.0 Å². The number of carboxylic acids is 1. The van der Waals surface area contributed by atoms with E-state index in [0.717, 1.165) is 0 Å². The van der Waals surface area contributed by atoms with Gasteiger partial charge in [-0.1, -0.05) is 0 Å².